The molecule has 7 heteroatoms. The zero-order valence-corrected chi connectivity index (χ0v) is 11.4. The molecule has 0 amide bonds. The number of rotatable bonds is 2. The summed E-state index contributed by atoms with van der Waals surface area (Å²) in [4.78, 5) is 0. The molecule has 0 radical (unpaired) electrons. The van der Waals surface area contributed by atoms with Crippen molar-refractivity contribution in [3.63, 3.8) is 0 Å². The summed E-state index contributed by atoms with van der Waals surface area (Å²) in [6.45, 7) is 4.97. The normalized spacial score (nSPS) is 14.9. The first-order chi connectivity index (χ1) is 8.53. The second-order valence-corrected chi connectivity index (χ2v) is 6.74. The molecule has 0 N–H and O–H groups in total. The molecule has 1 aromatic rings. The van der Waals surface area contributed by atoms with Crippen molar-refractivity contribution in [1.29, 1.82) is 0 Å². The van der Waals surface area contributed by atoms with E-state index >= 15 is 0 Å². The predicted octanol–water partition coefficient (Wildman–Crippen LogP) is 3.73. The quantitative estimate of drug-likeness (QED) is 0.604. The molecule has 0 aliphatic heterocycles. The third-order valence-corrected chi connectivity index (χ3v) is 3.49. The Labute approximate surface area is 111 Å². The van der Waals surface area contributed by atoms with Gasteiger partial charge in [-0.25, -0.2) is 8.60 Å². The summed E-state index contributed by atoms with van der Waals surface area (Å²) in [7, 11) is -1.65. The van der Waals surface area contributed by atoms with Crippen LogP contribution in [0.2, 0.25) is 0 Å². The van der Waals surface area contributed by atoms with Crippen molar-refractivity contribution in [3.05, 3.63) is 35.1 Å². The molecule has 1 aromatic carbocycles. The van der Waals surface area contributed by atoms with Crippen LogP contribution < -0.4 is 0 Å². The van der Waals surface area contributed by atoms with E-state index in [2.05, 4.69) is 4.40 Å². The van der Waals surface area contributed by atoms with Gasteiger partial charge in [-0.2, -0.15) is 17.6 Å². The smallest absolute Gasteiger partial charge is 0.234 e. The highest BCUT2D eigenvalue weighted by Crippen LogP contribution is 2.32. The van der Waals surface area contributed by atoms with Crippen molar-refractivity contribution in [2.75, 3.05) is 0 Å². The van der Waals surface area contributed by atoms with Crippen LogP contribution in [0.3, 0.4) is 0 Å². The van der Waals surface area contributed by atoms with Gasteiger partial charge < -0.3 is 0 Å². The summed E-state index contributed by atoms with van der Waals surface area (Å²) in [6, 6.07) is 2.87. The Morgan fingerprint density at radius 2 is 1.79 bits per heavy atom. The minimum absolute atomic E-state index is 0.340. The van der Waals surface area contributed by atoms with Gasteiger partial charge in [0.25, 0.3) is 0 Å². The van der Waals surface area contributed by atoms with Crippen molar-refractivity contribution >= 4 is 17.2 Å². The molecule has 0 fully saturated rings. The van der Waals surface area contributed by atoms with Crippen LogP contribution in [-0.4, -0.2) is 15.2 Å². The highest BCUT2D eigenvalue weighted by Gasteiger charge is 2.34. The minimum atomic E-state index is -4.77. The number of nitrogens with zero attached hydrogens (tertiary/aromatic N) is 1. The molecule has 0 bridgehead atoms. The minimum Gasteiger partial charge on any atom is -0.234 e. The topological polar surface area (TPSA) is 29.4 Å². The molecule has 0 aliphatic rings. The molecule has 0 aliphatic carbocycles. The third kappa shape index (κ3) is 4.12. The van der Waals surface area contributed by atoms with Crippen molar-refractivity contribution in [2.24, 2.45) is 4.40 Å². The highest BCUT2D eigenvalue weighted by molar-refractivity contribution is 7.85. The molecule has 0 saturated heterocycles. The van der Waals surface area contributed by atoms with E-state index in [1.807, 2.05) is 0 Å². The van der Waals surface area contributed by atoms with Gasteiger partial charge in [-0.15, -0.1) is 0 Å². The maximum absolute atomic E-state index is 13.6. The average molecular weight is 295 g/mol. The molecule has 106 valence electrons. The Hall–Kier alpha value is -1.24. The van der Waals surface area contributed by atoms with Gasteiger partial charge in [0.05, 0.1) is 10.3 Å². The van der Waals surface area contributed by atoms with E-state index in [0.29, 0.717) is 6.07 Å². The van der Waals surface area contributed by atoms with Gasteiger partial charge in [0.1, 0.15) is 16.8 Å². The predicted molar refractivity (Wildman–Crippen MR) is 66.9 cm³/mol. The van der Waals surface area contributed by atoms with Crippen LogP contribution in [0.4, 0.5) is 17.6 Å². The van der Waals surface area contributed by atoms with E-state index in [9.17, 15) is 21.8 Å². The van der Waals surface area contributed by atoms with E-state index in [-0.39, 0.29) is 5.56 Å². The van der Waals surface area contributed by atoms with Crippen molar-refractivity contribution in [3.8, 4) is 0 Å². The fraction of sp³-hybridized carbons (Fsp3) is 0.417. The third-order valence-electron chi connectivity index (χ3n) is 2.15. The van der Waals surface area contributed by atoms with Crippen LogP contribution in [0.5, 0.6) is 0 Å². The zero-order valence-electron chi connectivity index (χ0n) is 10.6. The summed E-state index contributed by atoms with van der Waals surface area (Å²) in [5.41, 5.74) is -1.70. The van der Waals surface area contributed by atoms with Crippen LogP contribution in [0.15, 0.2) is 22.6 Å². The lowest BCUT2D eigenvalue weighted by molar-refractivity contribution is -0.140. The van der Waals surface area contributed by atoms with Crippen LogP contribution in [0.1, 0.15) is 31.9 Å². The maximum atomic E-state index is 13.6. The summed E-state index contributed by atoms with van der Waals surface area (Å²) in [5, 5.41) is 0. The molecule has 1 atom stereocenters. The lowest BCUT2D eigenvalue weighted by atomic mass is 10.1. The Kier molecular flexibility index (Phi) is 4.50. The Bertz CT molecular complexity index is 517. The van der Waals surface area contributed by atoms with Gasteiger partial charge in [-0.3, -0.25) is 0 Å². The first kappa shape index (κ1) is 15.8. The number of benzene rings is 1. The zero-order chi connectivity index (χ0) is 14.8. The largest absolute Gasteiger partial charge is 0.419 e. The lowest BCUT2D eigenvalue weighted by Crippen LogP contribution is -2.19. The van der Waals surface area contributed by atoms with Gasteiger partial charge >= 0.3 is 6.18 Å². The van der Waals surface area contributed by atoms with Crippen LogP contribution >= 0.6 is 0 Å². The molecule has 19 heavy (non-hydrogen) atoms. The molecule has 0 heterocycles. The molecule has 0 saturated carbocycles. The molecule has 2 nitrogen and oxygen atoms in total. The lowest BCUT2D eigenvalue weighted by Gasteiger charge is -2.13. The van der Waals surface area contributed by atoms with Gasteiger partial charge in [0.15, 0.2) is 0 Å². The maximum Gasteiger partial charge on any atom is 0.419 e. The van der Waals surface area contributed by atoms with Crippen LogP contribution in [0, 0.1) is 5.82 Å². The second kappa shape index (κ2) is 5.40. The van der Waals surface area contributed by atoms with E-state index in [1.54, 1.807) is 20.8 Å². The van der Waals surface area contributed by atoms with Gasteiger partial charge in [0, 0.05) is 11.8 Å². The number of halogens is 4. The van der Waals surface area contributed by atoms with Gasteiger partial charge in [-0.1, -0.05) is 12.1 Å². The summed E-state index contributed by atoms with van der Waals surface area (Å²) >= 11 is 0. The summed E-state index contributed by atoms with van der Waals surface area (Å²) in [5.74, 6) is -1.41. The molecule has 0 unspecified atom stereocenters. The molecular formula is C12H13F4NOS. The Morgan fingerprint density at radius 1 is 1.21 bits per heavy atom. The van der Waals surface area contributed by atoms with E-state index in [4.69, 9.17) is 0 Å². The highest BCUT2D eigenvalue weighted by atomic mass is 32.2. The number of hydrogen-bond donors (Lipinski definition) is 0. The van der Waals surface area contributed by atoms with Crippen molar-refractivity contribution in [1.82, 2.24) is 0 Å². The molecule has 0 aromatic heterocycles. The van der Waals surface area contributed by atoms with Crippen LogP contribution in [0.25, 0.3) is 0 Å². The van der Waals surface area contributed by atoms with E-state index in [1.165, 1.54) is 0 Å². The summed E-state index contributed by atoms with van der Waals surface area (Å²) < 4.78 is 65.6. The monoisotopic (exact) mass is 295 g/mol. The van der Waals surface area contributed by atoms with Crippen molar-refractivity contribution < 1.29 is 21.8 Å². The van der Waals surface area contributed by atoms with Gasteiger partial charge in [-0.05, 0) is 26.8 Å². The first-order valence-corrected chi connectivity index (χ1v) is 6.46. The van der Waals surface area contributed by atoms with Crippen molar-refractivity contribution in [2.45, 2.75) is 31.7 Å². The van der Waals surface area contributed by atoms with Gasteiger partial charge in [0.2, 0.25) is 0 Å². The van der Waals surface area contributed by atoms with E-state index < -0.39 is 33.3 Å². The molecular weight excluding hydrogens is 282 g/mol. The standard InChI is InChI=1S/C12H13F4NOS/c1-11(2,3)19(18)17-7-8-5-4-6-9(10(8)13)12(14,15)16/h4-7H,1-3H3/t19-/m0/s1. The fourth-order valence-corrected chi connectivity index (χ4v) is 1.66. The second-order valence-electron chi connectivity index (χ2n) is 4.80. The first-order valence-electron chi connectivity index (χ1n) is 5.35. The number of hydrogen-bond acceptors (Lipinski definition) is 1. The SMILES string of the molecule is CC(C)(C)[S@](=O)N=Cc1cccc(C(F)(F)F)c1F. The Morgan fingerprint density at radius 3 is 2.26 bits per heavy atom. The molecule has 1 rings (SSSR count). The number of alkyl halides is 3. The molecule has 0 spiro atoms. The fourth-order valence-electron chi connectivity index (χ4n) is 1.13. The summed E-state index contributed by atoms with van der Waals surface area (Å²) in [6.07, 6.45) is -3.90. The average Bonchev–Trinajstić information content (AvgIpc) is 2.24. The Balaban J connectivity index is 3.11. The van der Waals surface area contributed by atoms with E-state index in [0.717, 1.165) is 18.3 Å². The van der Waals surface area contributed by atoms with Crippen LogP contribution in [-0.2, 0) is 17.2 Å².